The Labute approximate surface area is 118 Å². The highest BCUT2D eigenvalue weighted by molar-refractivity contribution is 5.52. The summed E-state index contributed by atoms with van der Waals surface area (Å²) < 4.78 is 5.92. The van der Waals surface area contributed by atoms with Gasteiger partial charge < -0.3 is 16.2 Å². The highest BCUT2D eigenvalue weighted by Crippen LogP contribution is 2.35. The molecule has 0 amide bonds. The van der Waals surface area contributed by atoms with Gasteiger partial charge in [0.25, 0.3) is 0 Å². The minimum atomic E-state index is 0.200. The molecule has 20 heavy (non-hydrogen) atoms. The first-order valence-electron chi connectivity index (χ1n) is 6.69. The maximum Gasteiger partial charge on any atom is 0.221 e. The number of ether oxygens (including phenoxy) is 1. The van der Waals surface area contributed by atoms with E-state index in [1.54, 1.807) is 6.20 Å². The number of nitrogens with two attached hydrogens (primary N) is 2. The Hall–Kier alpha value is -2.30. The van der Waals surface area contributed by atoms with Crippen LogP contribution >= 0.6 is 0 Å². The molecule has 1 aliphatic rings. The van der Waals surface area contributed by atoms with Crippen LogP contribution in [-0.4, -0.2) is 16.1 Å². The van der Waals surface area contributed by atoms with E-state index < -0.39 is 0 Å². The van der Waals surface area contributed by atoms with Crippen LogP contribution in [0.3, 0.4) is 0 Å². The smallest absolute Gasteiger partial charge is 0.221 e. The van der Waals surface area contributed by atoms with E-state index in [0.29, 0.717) is 12.2 Å². The summed E-state index contributed by atoms with van der Waals surface area (Å²) in [6, 6.07) is 4.32. The molecular weight excluding hydrogens is 252 g/mol. The molecule has 4 N–H and O–H groups in total. The van der Waals surface area contributed by atoms with E-state index in [2.05, 4.69) is 35.9 Å². The Balaban J connectivity index is 1.99. The monoisotopic (exact) mass is 270 g/mol. The van der Waals surface area contributed by atoms with E-state index in [1.807, 2.05) is 0 Å². The second-order valence-corrected chi connectivity index (χ2v) is 5.36. The van der Waals surface area contributed by atoms with Gasteiger partial charge in [0.15, 0.2) is 0 Å². The summed E-state index contributed by atoms with van der Waals surface area (Å²) in [5.41, 5.74) is 15.9. The third kappa shape index (κ3) is 2.27. The number of hydrogen-bond donors (Lipinski definition) is 2. The Kier molecular flexibility index (Phi) is 2.97. The standard InChI is InChI=1S/C15H18N4O/c1-8-3-10-5-9(2)20-13(10)11(4-8)6-12-7-18-15(17)19-14(12)16/h3-4,7,9H,5-6H2,1-2H3,(H4,16,17,18,19)/t9-/m0/s1. The van der Waals surface area contributed by atoms with Crippen molar-refractivity contribution < 1.29 is 4.74 Å². The third-order valence-electron chi connectivity index (χ3n) is 3.51. The van der Waals surface area contributed by atoms with Crippen molar-refractivity contribution in [3.63, 3.8) is 0 Å². The summed E-state index contributed by atoms with van der Waals surface area (Å²) >= 11 is 0. The summed E-state index contributed by atoms with van der Waals surface area (Å²) in [5.74, 6) is 1.61. The molecule has 0 unspecified atom stereocenters. The molecule has 1 aliphatic heterocycles. The van der Waals surface area contributed by atoms with Gasteiger partial charge in [-0.1, -0.05) is 17.7 Å². The number of nitrogens with zero attached hydrogens (tertiary/aromatic N) is 2. The van der Waals surface area contributed by atoms with Crippen molar-refractivity contribution in [1.29, 1.82) is 0 Å². The Morgan fingerprint density at radius 3 is 2.85 bits per heavy atom. The van der Waals surface area contributed by atoms with Crippen LogP contribution in [0.5, 0.6) is 5.75 Å². The van der Waals surface area contributed by atoms with Crippen LogP contribution in [0.1, 0.15) is 29.2 Å². The molecule has 0 fully saturated rings. The Morgan fingerprint density at radius 2 is 2.10 bits per heavy atom. The van der Waals surface area contributed by atoms with Crippen LogP contribution in [0.15, 0.2) is 18.3 Å². The zero-order valence-corrected chi connectivity index (χ0v) is 11.7. The van der Waals surface area contributed by atoms with Crippen LogP contribution in [0.25, 0.3) is 0 Å². The predicted octanol–water partition coefficient (Wildman–Crippen LogP) is 1.86. The van der Waals surface area contributed by atoms with Gasteiger partial charge in [-0.15, -0.1) is 0 Å². The molecule has 2 heterocycles. The number of aryl methyl sites for hydroxylation is 1. The molecule has 0 saturated heterocycles. The molecule has 0 saturated carbocycles. The van der Waals surface area contributed by atoms with Crippen LogP contribution in [-0.2, 0) is 12.8 Å². The van der Waals surface area contributed by atoms with Crippen molar-refractivity contribution in [3.8, 4) is 5.75 Å². The molecule has 1 aromatic heterocycles. The zero-order chi connectivity index (χ0) is 14.3. The first-order chi connectivity index (χ1) is 9.52. The molecule has 1 aromatic carbocycles. The fraction of sp³-hybridized carbons (Fsp3) is 0.333. The molecule has 0 aliphatic carbocycles. The number of fused-ring (bicyclic) bond motifs is 1. The SMILES string of the molecule is Cc1cc(Cc2cnc(N)nc2N)c2c(c1)C[C@H](C)O2. The minimum Gasteiger partial charge on any atom is -0.490 e. The van der Waals surface area contributed by atoms with Gasteiger partial charge in [0.05, 0.1) is 0 Å². The van der Waals surface area contributed by atoms with Crippen LogP contribution in [0, 0.1) is 6.92 Å². The fourth-order valence-corrected chi connectivity index (χ4v) is 2.69. The van der Waals surface area contributed by atoms with Gasteiger partial charge in [0.1, 0.15) is 17.7 Å². The van der Waals surface area contributed by atoms with Gasteiger partial charge in [-0.3, -0.25) is 0 Å². The maximum absolute atomic E-state index is 5.92. The molecule has 5 heteroatoms. The second-order valence-electron chi connectivity index (χ2n) is 5.36. The average Bonchev–Trinajstić information content (AvgIpc) is 2.73. The molecule has 104 valence electrons. The summed E-state index contributed by atoms with van der Waals surface area (Å²) in [7, 11) is 0. The lowest BCUT2D eigenvalue weighted by Crippen LogP contribution is -2.07. The van der Waals surface area contributed by atoms with E-state index >= 15 is 0 Å². The van der Waals surface area contributed by atoms with Gasteiger partial charge in [0.2, 0.25) is 5.95 Å². The maximum atomic E-state index is 5.92. The first kappa shape index (κ1) is 12.7. The number of rotatable bonds is 2. The van der Waals surface area contributed by atoms with Crippen molar-refractivity contribution in [2.45, 2.75) is 32.8 Å². The molecule has 0 spiro atoms. The quantitative estimate of drug-likeness (QED) is 0.869. The Bertz CT molecular complexity index is 669. The summed E-state index contributed by atoms with van der Waals surface area (Å²) in [5, 5.41) is 0. The fourth-order valence-electron chi connectivity index (χ4n) is 2.69. The van der Waals surface area contributed by atoms with E-state index in [1.165, 1.54) is 11.1 Å². The van der Waals surface area contributed by atoms with Crippen molar-refractivity contribution in [2.75, 3.05) is 11.5 Å². The van der Waals surface area contributed by atoms with Crippen molar-refractivity contribution >= 4 is 11.8 Å². The summed E-state index contributed by atoms with van der Waals surface area (Å²) in [4.78, 5) is 8.02. The average molecular weight is 270 g/mol. The van der Waals surface area contributed by atoms with E-state index in [9.17, 15) is 0 Å². The number of benzene rings is 1. The predicted molar refractivity (Wildman–Crippen MR) is 78.6 cm³/mol. The summed E-state index contributed by atoms with van der Waals surface area (Å²) in [6.07, 6.45) is 3.52. The zero-order valence-electron chi connectivity index (χ0n) is 11.7. The van der Waals surface area contributed by atoms with E-state index in [4.69, 9.17) is 16.2 Å². The van der Waals surface area contributed by atoms with E-state index in [0.717, 1.165) is 23.3 Å². The van der Waals surface area contributed by atoms with Crippen LogP contribution in [0.2, 0.25) is 0 Å². The van der Waals surface area contributed by atoms with Gasteiger partial charge in [-0.2, -0.15) is 4.98 Å². The van der Waals surface area contributed by atoms with Crippen molar-refractivity contribution in [3.05, 3.63) is 40.6 Å². The molecule has 2 aromatic rings. The van der Waals surface area contributed by atoms with Gasteiger partial charge >= 0.3 is 0 Å². The molecule has 0 radical (unpaired) electrons. The molecule has 5 nitrogen and oxygen atoms in total. The highest BCUT2D eigenvalue weighted by Gasteiger charge is 2.23. The Morgan fingerprint density at radius 1 is 1.30 bits per heavy atom. The van der Waals surface area contributed by atoms with E-state index in [-0.39, 0.29) is 12.1 Å². The summed E-state index contributed by atoms with van der Waals surface area (Å²) in [6.45, 7) is 4.18. The lowest BCUT2D eigenvalue weighted by atomic mass is 9.99. The normalized spacial score (nSPS) is 16.8. The number of hydrogen-bond acceptors (Lipinski definition) is 5. The third-order valence-corrected chi connectivity index (χ3v) is 3.51. The van der Waals surface area contributed by atoms with Gasteiger partial charge in [-0.25, -0.2) is 4.98 Å². The van der Waals surface area contributed by atoms with Crippen molar-refractivity contribution in [2.24, 2.45) is 0 Å². The largest absolute Gasteiger partial charge is 0.490 e. The number of aromatic nitrogens is 2. The van der Waals surface area contributed by atoms with Gasteiger partial charge in [0, 0.05) is 24.6 Å². The molecular formula is C15H18N4O. The first-order valence-corrected chi connectivity index (χ1v) is 6.69. The highest BCUT2D eigenvalue weighted by atomic mass is 16.5. The van der Waals surface area contributed by atoms with Crippen LogP contribution in [0.4, 0.5) is 11.8 Å². The topological polar surface area (TPSA) is 87.0 Å². The number of anilines is 2. The van der Waals surface area contributed by atoms with Crippen LogP contribution < -0.4 is 16.2 Å². The second kappa shape index (κ2) is 4.67. The molecule has 3 rings (SSSR count). The number of nitrogen functional groups attached to an aromatic ring is 2. The van der Waals surface area contributed by atoms with Gasteiger partial charge in [-0.05, 0) is 25.0 Å². The lowest BCUT2D eigenvalue weighted by molar-refractivity contribution is 0.253. The lowest BCUT2D eigenvalue weighted by Gasteiger charge is -2.11. The molecule has 1 atom stereocenters. The molecule has 0 bridgehead atoms. The van der Waals surface area contributed by atoms with Crippen molar-refractivity contribution in [1.82, 2.24) is 9.97 Å². The minimum absolute atomic E-state index is 0.200.